The average Bonchev–Trinajstić information content (AvgIpc) is 2.28. The summed E-state index contributed by atoms with van der Waals surface area (Å²) in [5, 5.41) is 3.42. The molecule has 0 spiro atoms. The van der Waals surface area contributed by atoms with E-state index in [9.17, 15) is 0 Å². The van der Waals surface area contributed by atoms with Gasteiger partial charge in [-0.2, -0.15) is 0 Å². The lowest BCUT2D eigenvalue weighted by Crippen LogP contribution is -2.17. The summed E-state index contributed by atoms with van der Waals surface area (Å²) >= 11 is 0. The van der Waals surface area contributed by atoms with Crippen LogP contribution in [0.25, 0.3) is 0 Å². The molecule has 3 heteroatoms. The second-order valence-corrected chi connectivity index (χ2v) is 3.85. The minimum Gasteiger partial charge on any atom is -0.385 e. The number of hydrogen-bond donors (Lipinski definition) is 2. The third-order valence-corrected chi connectivity index (χ3v) is 2.55. The van der Waals surface area contributed by atoms with E-state index >= 15 is 0 Å². The Hall–Kier alpha value is -1.09. The number of nitrogens with two attached hydrogens (primary N) is 1. The summed E-state index contributed by atoms with van der Waals surface area (Å²) in [6.07, 6.45) is 7.18. The van der Waals surface area contributed by atoms with Gasteiger partial charge < -0.3 is 11.1 Å². The minimum absolute atomic E-state index is 0.688. The SMILES string of the molecule is CCCC(CCN)CNc1ccncc1. The van der Waals surface area contributed by atoms with Gasteiger partial charge in [0.05, 0.1) is 0 Å². The summed E-state index contributed by atoms with van der Waals surface area (Å²) in [7, 11) is 0. The van der Waals surface area contributed by atoms with E-state index in [4.69, 9.17) is 5.73 Å². The van der Waals surface area contributed by atoms with Gasteiger partial charge in [-0.3, -0.25) is 4.98 Å². The lowest BCUT2D eigenvalue weighted by molar-refractivity contribution is 0.473. The van der Waals surface area contributed by atoms with Crippen molar-refractivity contribution in [2.45, 2.75) is 26.2 Å². The zero-order valence-electron chi connectivity index (χ0n) is 9.45. The van der Waals surface area contributed by atoms with Crippen LogP contribution in [0.4, 0.5) is 5.69 Å². The predicted molar refractivity (Wildman–Crippen MR) is 64.8 cm³/mol. The predicted octanol–water partition coefficient (Wildman–Crippen LogP) is 2.26. The van der Waals surface area contributed by atoms with Crippen molar-refractivity contribution in [3.05, 3.63) is 24.5 Å². The van der Waals surface area contributed by atoms with Crippen LogP contribution in [0.1, 0.15) is 26.2 Å². The van der Waals surface area contributed by atoms with Crippen molar-refractivity contribution in [2.24, 2.45) is 11.7 Å². The highest BCUT2D eigenvalue weighted by Gasteiger charge is 2.05. The number of anilines is 1. The topological polar surface area (TPSA) is 50.9 Å². The maximum Gasteiger partial charge on any atom is 0.0371 e. The summed E-state index contributed by atoms with van der Waals surface area (Å²) < 4.78 is 0. The van der Waals surface area contributed by atoms with E-state index in [1.165, 1.54) is 12.8 Å². The van der Waals surface area contributed by atoms with E-state index in [2.05, 4.69) is 17.2 Å². The summed E-state index contributed by atoms with van der Waals surface area (Å²) in [6, 6.07) is 3.98. The molecule has 1 aromatic rings. The maximum absolute atomic E-state index is 5.59. The molecule has 84 valence electrons. The zero-order valence-corrected chi connectivity index (χ0v) is 9.45. The zero-order chi connectivity index (χ0) is 10.9. The van der Waals surface area contributed by atoms with E-state index in [1.54, 1.807) is 12.4 Å². The van der Waals surface area contributed by atoms with Crippen LogP contribution in [-0.2, 0) is 0 Å². The van der Waals surface area contributed by atoms with Gasteiger partial charge in [0, 0.05) is 24.6 Å². The number of rotatable bonds is 7. The van der Waals surface area contributed by atoms with Crippen LogP contribution in [0.2, 0.25) is 0 Å². The lowest BCUT2D eigenvalue weighted by Gasteiger charge is -2.16. The number of hydrogen-bond acceptors (Lipinski definition) is 3. The molecular weight excluding hydrogens is 186 g/mol. The summed E-state index contributed by atoms with van der Waals surface area (Å²) in [6.45, 7) is 4.01. The van der Waals surface area contributed by atoms with Crippen molar-refractivity contribution in [2.75, 3.05) is 18.4 Å². The molecule has 3 nitrogen and oxygen atoms in total. The van der Waals surface area contributed by atoms with Gasteiger partial charge in [-0.05, 0) is 37.4 Å². The van der Waals surface area contributed by atoms with E-state index in [0.29, 0.717) is 5.92 Å². The van der Waals surface area contributed by atoms with Crippen LogP contribution < -0.4 is 11.1 Å². The molecule has 0 saturated carbocycles. The van der Waals surface area contributed by atoms with Crippen molar-refractivity contribution < 1.29 is 0 Å². The molecule has 1 aromatic heterocycles. The van der Waals surface area contributed by atoms with Gasteiger partial charge in [-0.15, -0.1) is 0 Å². The molecule has 15 heavy (non-hydrogen) atoms. The average molecular weight is 207 g/mol. The molecule has 1 heterocycles. The molecule has 0 aromatic carbocycles. The number of nitrogens with one attached hydrogen (secondary N) is 1. The Morgan fingerprint density at radius 3 is 2.67 bits per heavy atom. The van der Waals surface area contributed by atoms with Crippen molar-refractivity contribution >= 4 is 5.69 Å². The van der Waals surface area contributed by atoms with Crippen LogP contribution in [0.15, 0.2) is 24.5 Å². The third-order valence-electron chi connectivity index (χ3n) is 2.55. The normalized spacial score (nSPS) is 12.4. The first kappa shape index (κ1) is 12.0. The number of aromatic nitrogens is 1. The highest BCUT2D eigenvalue weighted by atomic mass is 14.9. The molecule has 0 aliphatic heterocycles. The highest BCUT2D eigenvalue weighted by Crippen LogP contribution is 2.12. The lowest BCUT2D eigenvalue weighted by atomic mass is 10.00. The van der Waals surface area contributed by atoms with Crippen molar-refractivity contribution in [3.63, 3.8) is 0 Å². The fourth-order valence-electron chi connectivity index (χ4n) is 1.72. The second-order valence-electron chi connectivity index (χ2n) is 3.85. The molecule has 0 radical (unpaired) electrons. The van der Waals surface area contributed by atoms with Crippen LogP contribution in [0, 0.1) is 5.92 Å². The first-order chi connectivity index (χ1) is 7.36. The fourth-order valence-corrected chi connectivity index (χ4v) is 1.72. The highest BCUT2D eigenvalue weighted by molar-refractivity contribution is 5.40. The minimum atomic E-state index is 0.688. The standard InChI is InChI=1S/C12H21N3/c1-2-3-11(4-7-13)10-15-12-5-8-14-9-6-12/h5-6,8-9,11H,2-4,7,10,13H2,1H3,(H,14,15). The van der Waals surface area contributed by atoms with Gasteiger partial charge in [-0.25, -0.2) is 0 Å². The summed E-state index contributed by atoms with van der Waals surface area (Å²) in [5.41, 5.74) is 6.73. The number of pyridine rings is 1. The molecule has 0 aliphatic carbocycles. The van der Waals surface area contributed by atoms with Crippen LogP contribution in [0.5, 0.6) is 0 Å². The largest absolute Gasteiger partial charge is 0.385 e. The molecular formula is C12H21N3. The molecule has 0 bridgehead atoms. The first-order valence-electron chi connectivity index (χ1n) is 5.70. The molecule has 0 aliphatic rings. The Balaban J connectivity index is 2.33. The second kappa shape index (κ2) is 7.23. The number of nitrogens with zero attached hydrogens (tertiary/aromatic N) is 1. The van der Waals surface area contributed by atoms with Crippen LogP contribution in [-0.4, -0.2) is 18.1 Å². The molecule has 1 rings (SSSR count). The van der Waals surface area contributed by atoms with Crippen LogP contribution >= 0.6 is 0 Å². The van der Waals surface area contributed by atoms with Crippen molar-refractivity contribution in [1.29, 1.82) is 0 Å². The Labute approximate surface area is 92.1 Å². The monoisotopic (exact) mass is 207 g/mol. The first-order valence-corrected chi connectivity index (χ1v) is 5.70. The quantitative estimate of drug-likeness (QED) is 0.721. The van der Waals surface area contributed by atoms with E-state index in [1.807, 2.05) is 12.1 Å². The van der Waals surface area contributed by atoms with Crippen molar-refractivity contribution in [3.8, 4) is 0 Å². The van der Waals surface area contributed by atoms with E-state index < -0.39 is 0 Å². The van der Waals surface area contributed by atoms with Gasteiger partial charge in [0.15, 0.2) is 0 Å². The van der Waals surface area contributed by atoms with Gasteiger partial charge >= 0.3 is 0 Å². The Kier molecular flexibility index (Phi) is 5.78. The summed E-state index contributed by atoms with van der Waals surface area (Å²) in [5.74, 6) is 0.688. The Morgan fingerprint density at radius 2 is 2.07 bits per heavy atom. The summed E-state index contributed by atoms with van der Waals surface area (Å²) in [4.78, 5) is 3.99. The van der Waals surface area contributed by atoms with Gasteiger partial charge in [0.2, 0.25) is 0 Å². The Morgan fingerprint density at radius 1 is 1.33 bits per heavy atom. The van der Waals surface area contributed by atoms with Gasteiger partial charge in [0.25, 0.3) is 0 Å². The molecule has 0 amide bonds. The molecule has 1 unspecified atom stereocenters. The molecule has 3 N–H and O–H groups in total. The maximum atomic E-state index is 5.59. The van der Waals surface area contributed by atoms with E-state index in [-0.39, 0.29) is 0 Å². The van der Waals surface area contributed by atoms with Crippen molar-refractivity contribution in [1.82, 2.24) is 4.98 Å². The molecule has 0 fully saturated rings. The fraction of sp³-hybridized carbons (Fsp3) is 0.583. The van der Waals surface area contributed by atoms with Crippen LogP contribution in [0.3, 0.4) is 0 Å². The third kappa shape index (κ3) is 4.79. The van der Waals surface area contributed by atoms with E-state index in [0.717, 1.165) is 25.2 Å². The van der Waals surface area contributed by atoms with Gasteiger partial charge in [-0.1, -0.05) is 13.3 Å². The Bertz CT molecular complexity index is 242. The van der Waals surface area contributed by atoms with Gasteiger partial charge in [0.1, 0.15) is 0 Å². The molecule has 1 atom stereocenters. The smallest absolute Gasteiger partial charge is 0.0371 e. The molecule has 0 saturated heterocycles.